The second-order valence-corrected chi connectivity index (χ2v) is 5.95. The number of halogens is 3. The molecular weight excluding hydrogens is 309 g/mol. The Bertz CT molecular complexity index is 523. The van der Waals surface area contributed by atoms with E-state index in [1.165, 1.54) is 12.1 Å². The maximum Gasteiger partial charge on any atom is 0.422 e. The molecule has 0 bridgehead atoms. The van der Waals surface area contributed by atoms with Crippen LogP contribution in [0.1, 0.15) is 31.7 Å². The summed E-state index contributed by atoms with van der Waals surface area (Å²) in [5.41, 5.74) is 0.255. The van der Waals surface area contributed by atoms with E-state index in [0.29, 0.717) is 6.54 Å². The highest BCUT2D eigenvalue weighted by molar-refractivity contribution is 5.85. The molecule has 1 unspecified atom stereocenters. The summed E-state index contributed by atoms with van der Waals surface area (Å²) >= 11 is 0. The van der Waals surface area contributed by atoms with Gasteiger partial charge in [0.05, 0.1) is 5.54 Å². The molecule has 1 aliphatic rings. The van der Waals surface area contributed by atoms with Crippen LogP contribution in [0.2, 0.25) is 0 Å². The summed E-state index contributed by atoms with van der Waals surface area (Å²) < 4.78 is 40.8. The van der Waals surface area contributed by atoms with Gasteiger partial charge in [0, 0.05) is 6.54 Å². The molecule has 0 aromatic heterocycles. The van der Waals surface area contributed by atoms with Crippen molar-refractivity contribution in [3.63, 3.8) is 0 Å². The quantitative estimate of drug-likeness (QED) is 0.873. The maximum absolute atomic E-state index is 12.2. The molecule has 23 heavy (non-hydrogen) atoms. The van der Waals surface area contributed by atoms with Gasteiger partial charge in [-0.3, -0.25) is 4.79 Å². The van der Waals surface area contributed by atoms with E-state index < -0.39 is 18.3 Å². The zero-order valence-corrected chi connectivity index (χ0v) is 13.0. The number of hydrogen-bond donors (Lipinski definition) is 2. The summed E-state index contributed by atoms with van der Waals surface area (Å²) in [5.74, 6) is 0.0907. The lowest BCUT2D eigenvalue weighted by atomic mass is 9.90. The molecule has 7 heteroatoms. The smallest absolute Gasteiger partial charge is 0.422 e. The normalized spacial score (nSPS) is 21.7. The maximum atomic E-state index is 12.2. The Labute approximate surface area is 133 Å². The zero-order chi connectivity index (χ0) is 16.9. The first-order chi connectivity index (χ1) is 10.8. The largest absolute Gasteiger partial charge is 0.484 e. The Morgan fingerprint density at radius 2 is 2.00 bits per heavy atom. The molecule has 128 valence electrons. The predicted octanol–water partition coefficient (Wildman–Crippen LogP) is 2.78. The van der Waals surface area contributed by atoms with Crippen molar-refractivity contribution in [1.29, 1.82) is 0 Å². The number of benzene rings is 1. The highest BCUT2D eigenvalue weighted by Gasteiger charge is 2.33. The summed E-state index contributed by atoms with van der Waals surface area (Å²) in [5, 5.41) is 6.10. The Kier molecular flexibility index (Phi) is 5.51. The molecule has 1 aliphatic heterocycles. The van der Waals surface area contributed by atoms with Gasteiger partial charge in [0.25, 0.3) is 0 Å². The predicted molar refractivity (Wildman–Crippen MR) is 80.1 cm³/mol. The number of amides is 1. The van der Waals surface area contributed by atoms with Gasteiger partial charge in [0.2, 0.25) is 5.91 Å². The van der Waals surface area contributed by atoms with Crippen LogP contribution in [0, 0.1) is 0 Å². The molecule has 0 saturated carbocycles. The van der Waals surface area contributed by atoms with Crippen LogP contribution in [-0.4, -0.2) is 30.8 Å². The number of ether oxygens (including phenoxy) is 1. The number of nitrogens with one attached hydrogen (secondary N) is 2. The van der Waals surface area contributed by atoms with Crippen molar-refractivity contribution in [3.8, 4) is 5.75 Å². The van der Waals surface area contributed by atoms with Crippen molar-refractivity contribution in [3.05, 3.63) is 29.8 Å². The number of piperidine rings is 1. The Balaban J connectivity index is 1.83. The Morgan fingerprint density at radius 1 is 1.30 bits per heavy atom. The summed E-state index contributed by atoms with van der Waals surface area (Å²) in [6.07, 6.45) is -1.47. The van der Waals surface area contributed by atoms with E-state index in [-0.39, 0.29) is 11.7 Å². The van der Waals surface area contributed by atoms with Crippen molar-refractivity contribution < 1.29 is 22.7 Å². The van der Waals surface area contributed by atoms with E-state index >= 15 is 0 Å². The lowest BCUT2D eigenvalue weighted by Crippen LogP contribution is -2.56. The van der Waals surface area contributed by atoms with Crippen molar-refractivity contribution in [1.82, 2.24) is 10.6 Å². The van der Waals surface area contributed by atoms with Gasteiger partial charge >= 0.3 is 6.18 Å². The third-order valence-corrected chi connectivity index (χ3v) is 3.90. The number of alkyl halides is 3. The molecule has 1 fully saturated rings. The van der Waals surface area contributed by atoms with Crippen LogP contribution in [0.25, 0.3) is 0 Å². The van der Waals surface area contributed by atoms with Crippen LogP contribution >= 0.6 is 0 Å². The minimum absolute atomic E-state index is 0.0606. The third-order valence-electron chi connectivity index (χ3n) is 3.90. The minimum Gasteiger partial charge on any atom is -0.484 e. The second kappa shape index (κ2) is 7.21. The number of carbonyl (C=O) groups excluding carboxylic acids is 1. The SMILES string of the molecule is CC1(C(=O)NCc2ccc(OCC(F)(F)F)cc2)CCCCN1. The fourth-order valence-corrected chi connectivity index (χ4v) is 2.50. The number of rotatable bonds is 5. The fraction of sp³-hybridized carbons (Fsp3) is 0.562. The highest BCUT2D eigenvalue weighted by atomic mass is 19.4. The molecule has 1 aromatic rings. The lowest BCUT2D eigenvalue weighted by molar-refractivity contribution is -0.153. The van der Waals surface area contributed by atoms with Gasteiger partial charge in [-0.05, 0) is 50.4 Å². The standard InChI is InChI=1S/C16H21F3N2O2/c1-15(8-2-3-9-21-15)14(22)20-10-12-4-6-13(7-5-12)23-11-16(17,18)19/h4-7,21H,2-3,8-11H2,1H3,(H,20,22). The van der Waals surface area contributed by atoms with Crippen LogP contribution in [-0.2, 0) is 11.3 Å². The molecule has 2 rings (SSSR count). The van der Waals surface area contributed by atoms with Gasteiger partial charge in [0.15, 0.2) is 6.61 Å². The van der Waals surface area contributed by atoms with E-state index in [2.05, 4.69) is 15.4 Å². The highest BCUT2D eigenvalue weighted by Crippen LogP contribution is 2.20. The minimum atomic E-state index is -4.35. The van der Waals surface area contributed by atoms with Crippen molar-refractivity contribution in [2.75, 3.05) is 13.2 Å². The molecule has 1 aromatic carbocycles. The molecule has 1 heterocycles. The third kappa shape index (κ3) is 5.42. The average Bonchev–Trinajstić information content (AvgIpc) is 2.51. The van der Waals surface area contributed by atoms with E-state index in [1.807, 2.05) is 6.92 Å². The molecule has 1 saturated heterocycles. The summed E-state index contributed by atoms with van der Waals surface area (Å²) in [6.45, 7) is 1.73. The monoisotopic (exact) mass is 330 g/mol. The second-order valence-electron chi connectivity index (χ2n) is 5.95. The lowest BCUT2D eigenvalue weighted by Gasteiger charge is -2.33. The Hall–Kier alpha value is -1.76. The molecule has 0 radical (unpaired) electrons. The van der Waals surface area contributed by atoms with Gasteiger partial charge in [-0.1, -0.05) is 12.1 Å². The van der Waals surface area contributed by atoms with Gasteiger partial charge < -0.3 is 15.4 Å². The van der Waals surface area contributed by atoms with Gasteiger partial charge in [0.1, 0.15) is 5.75 Å². The first kappa shape index (κ1) is 17.6. The first-order valence-corrected chi connectivity index (χ1v) is 7.60. The summed E-state index contributed by atoms with van der Waals surface area (Å²) in [6, 6.07) is 6.22. The van der Waals surface area contributed by atoms with Gasteiger partial charge in [-0.2, -0.15) is 13.2 Å². The van der Waals surface area contributed by atoms with Crippen LogP contribution in [0.4, 0.5) is 13.2 Å². The van der Waals surface area contributed by atoms with Crippen molar-refractivity contribution in [2.24, 2.45) is 0 Å². The van der Waals surface area contributed by atoms with Crippen LogP contribution in [0.3, 0.4) is 0 Å². The Morgan fingerprint density at radius 3 is 2.57 bits per heavy atom. The first-order valence-electron chi connectivity index (χ1n) is 7.60. The van der Waals surface area contributed by atoms with Crippen LogP contribution in [0.15, 0.2) is 24.3 Å². The topological polar surface area (TPSA) is 50.4 Å². The molecule has 0 aliphatic carbocycles. The summed E-state index contributed by atoms with van der Waals surface area (Å²) in [4.78, 5) is 12.2. The molecular formula is C16H21F3N2O2. The molecule has 1 amide bonds. The van der Waals surface area contributed by atoms with Gasteiger partial charge in [-0.15, -0.1) is 0 Å². The van der Waals surface area contributed by atoms with E-state index in [4.69, 9.17) is 0 Å². The molecule has 2 N–H and O–H groups in total. The zero-order valence-electron chi connectivity index (χ0n) is 13.0. The number of hydrogen-bond acceptors (Lipinski definition) is 3. The number of carbonyl (C=O) groups is 1. The molecule has 0 spiro atoms. The fourth-order valence-electron chi connectivity index (χ4n) is 2.50. The van der Waals surface area contributed by atoms with Crippen LogP contribution in [0.5, 0.6) is 5.75 Å². The van der Waals surface area contributed by atoms with Crippen molar-refractivity contribution in [2.45, 2.75) is 44.4 Å². The van der Waals surface area contributed by atoms with Gasteiger partial charge in [-0.25, -0.2) is 0 Å². The summed E-state index contributed by atoms with van der Waals surface area (Å²) in [7, 11) is 0. The van der Waals surface area contributed by atoms with Crippen LogP contribution < -0.4 is 15.4 Å². The molecule has 1 atom stereocenters. The van der Waals surface area contributed by atoms with E-state index in [9.17, 15) is 18.0 Å². The molecule has 4 nitrogen and oxygen atoms in total. The van der Waals surface area contributed by atoms with E-state index in [1.54, 1.807) is 12.1 Å². The van der Waals surface area contributed by atoms with Crippen molar-refractivity contribution >= 4 is 5.91 Å². The average molecular weight is 330 g/mol. The van der Waals surface area contributed by atoms with E-state index in [0.717, 1.165) is 31.4 Å².